The van der Waals surface area contributed by atoms with Crippen LogP contribution in [-0.4, -0.2) is 13.1 Å². The molecule has 0 atom stereocenters. The molecular weight excluding hydrogens is 252 g/mol. The Hall–Kier alpha value is -2.29. The Morgan fingerprint density at radius 1 is 1.10 bits per heavy atom. The molecule has 0 amide bonds. The Balaban J connectivity index is 2.28. The number of rotatable bonds is 4. The van der Waals surface area contributed by atoms with Crippen LogP contribution in [0.2, 0.25) is 0 Å². The van der Waals surface area contributed by atoms with Crippen LogP contribution >= 0.6 is 0 Å². The first kappa shape index (κ1) is 14.1. The molecule has 0 aromatic heterocycles. The molecule has 0 unspecified atom stereocenters. The molecule has 0 N–H and O–H groups in total. The van der Waals surface area contributed by atoms with Gasteiger partial charge >= 0.3 is 5.97 Å². The molecule has 104 valence electrons. The van der Waals surface area contributed by atoms with Crippen molar-refractivity contribution in [3.05, 3.63) is 59.2 Å². The average Bonchev–Trinajstić information content (AvgIpc) is 2.48. The summed E-state index contributed by atoms with van der Waals surface area (Å²) < 4.78 is 10.7. The molecule has 3 heteroatoms. The highest BCUT2D eigenvalue weighted by atomic mass is 16.6. The summed E-state index contributed by atoms with van der Waals surface area (Å²) >= 11 is 0. The van der Waals surface area contributed by atoms with Gasteiger partial charge in [0.2, 0.25) is 0 Å². The minimum atomic E-state index is -0.357. The fraction of sp³-hybridized carbons (Fsp3) is 0.235. The third kappa shape index (κ3) is 2.99. The van der Waals surface area contributed by atoms with Crippen molar-refractivity contribution in [2.75, 3.05) is 7.11 Å². The van der Waals surface area contributed by atoms with Crippen LogP contribution in [0, 0.1) is 6.92 Å². The number of carbonyl (C=O) groups is 1. The molecule has 2 rings (SSSR count). The highest BCUT2D eigenvalue weighted by Gasteiger charge is 2.14. The summed E-state index contributed by atoms with van der Waals surface area (Å²) in [6.07, 6.45) is 0.788. The first-order valence-corrected chi connectivity index (χ1v) is 6.60. The Labute approximate surface area is 119 Å². The lowest BCUT2D eigenvalue weighted by Gasteiger charge is -2.11. The quantitative estimate of drug-likeness (QED) is 0.626. The standard InChI is InChI=1S/C17H18O3/c1-4-13-7-5-6-8-14(13)17(18)20-15-10-9-12(2)11-16(15)19-3/h5-11H,4H2,1-3H3. The maximum atomic E-state index is 12.3. The Morgan fingerprint density at radius 2 is 1.85 bits per heavy atom. The van der Waals surface area contributed by atoms with Gasteiger partial charge in [-0.15, -0.1) is 0 Å². The van der Waals surface area contributed by atoms with Gasteiger partial charge in [0.05, 0.1) is 12.7 Å². The normalized spacial score (nSPS) is 10.2. The van der Waals surface area contributed by atoms with Gasteiger partial charge in [-0.05, 0) is 42.7 Å². The number of hydrogen-bond acceptors (Lipinski definition) is 3. The molecule has 0 aliphatic heterocycles. The number of hydrogen-bond donors (Lipinski definition) is 0. The van der Waals surface area contributed by atoms with Crippen LogP contribution in [-0.2, 0) is 6.42 Å². The molecule has 3 nitrogen and oxygen atoms in total. The van der Waals surface area contributed by atoms with Gasteiger partial charge in [-0.25, -0.2) is 4.79 Å². The fourth-order valence-electron chi connectivity index (χ4n) is 2.04. The van der Waals surface area contributed by atoms with Crippen molar-refractivity contribution >= 4 is 5.97 Å². The van der Waals surface area contributed by atoms with E-state index in [0.717, 1.165) is 17.5 Å². The van der Waals surface area contributed by atoms with E-state index in [2.05, 4.69) is 0 Å². The average molecular weight is 270 g/mol. The highest BCUT2D eigenvalue weighted by molar-refractivity contribution is 5.92. The second kappa shape index (κ2) is 6.24. The zero-order valence-electron chi connectivity index (χ0n) is 12.0. The number of ether oxygens (including phenoxy) is 2. The number of methoxy groups -OCH3 is 1. The summed E-state index contributed by atoms with van der Waals surface area (Å²) in [5, 5.41) is 0. The molecule has 20 heavy (non-hydrogen) atoms. The van der Waals surface area contributed by atoms with Gasteiger partial charge in [-0.3, -0.25) is 0 Å². The first-order valence-electron chi connectivity index (χ1n) is 6.60. The van der Waals surface area contributed by atoms with Gasteiger partial charge in [0, 0.05) is 0 Å². The lowest BCUT2D eigenvalue weighted by molar-refractivity contribution is 0.0728. The molecule has 0 aliphatic rings. The van der Waals surface area contributed by atoms with E-state index in [-0.39, 0.29) is 5.97 Å². The van der Waals surface area contributed by atoms with E-state index in [1.165, 1.54) is 0 Å². The van der Waals surface area contributed by atoms with Gasteiger partial charge in [-0.2, -0.15) is 0 Å². The second-order valence-corrected chi connectivity index (χ2v) is 4.55. The molecule has 0 saturated heterocycles. The molecule has 0 bridgehead atoms. The number of benzene rings is 2. The van der Waals surface area contributed by atoms with Crippen molar-refractivity contribution in [1.29, 1.82) is 0 Å². The van der Waals surface area contributed by atoms with Crippen LogP contribution in [0.25, 0.3) is 0 Å². The molecule has 0 saturated carbocycles. The minimum Gasteiger partial charge on any atom is -0.493 e. The van der Waals surface area contributed by atoms with Crippen LogP contribution in [0.4, 0.5) is 0 Å². The molecule has 2 aromatic carbocycles. The van der Waals surface area contributed by atoms with E-state index in [4.69, 9.17) is 9.47 Å². The largest absolute Gasteiger partial charge is 0.493 e. The number of aryl methyl sites for hydroxylation is 2. The topological polar surface area (TPSA) is 35.5 Å². The second-order valence-electron chi connectivity index (χ2n) is 4.55. The van der Waals surface area contributed by atoms with Gasteiger partial charge in [-0.1, -0.05) is 31.2 Å². The molecule has 0 spiro atoms. The first-order chi connectivity index (χ1) is 9.65. The summed E-state index contributed by atoms with van der Waals surface area (Å²) in [4.78, 5) is 12.3. The SMILES string of the molecule is CCc1ccccc1C(=O)Oc1ccc(C)cc1OC. The van der Waals surface area contributed by atoms with Crippen molar-refractivity contribution in [2.24, 2.45) is 0 Å². The Kier molecular flexibility index (Phi) is 4.41. The summed E-state index contributed by atoms with van der Waals surface area (Å²) in [6.45, 7) is 3.97. The van der Waals surface area contributed by atoms with Crippen LogP contribution in [0.1, 0.15) is 28.4 Å². The molecular formula is C17H18O3. The monoisotopic (exact) mass is 270 g/mol. The lowest BCUT2D eigenvalue weighted by Crippen LogP contribution is -2.11. The fourth-order valence-corrected chi connectivity index (χ4v) is 2.04. The Bertz CT molecular complexity index is 617. The van der Waals surface area contributed by atoms with Crippen molar-refractivity contribution in [3.8, 4) is 11.5 Å². The summed E-state index contributed by atoms with van der Waals surface area (Å²) in [5.41, 5.74) is 2.62. The Morgan fingerprint density at radius 3 is 2.55 bits per heavy atom. The predicted molar refractivity (Wildman–Crippen MR) is 78.5 cm³/mol. The van der Waals surface area contributed by atoms with E-state index in [1.807, 2.05) is 44.2 Å². The maximum Gasteiger partial charge on any atom is 0.343 e. The summed E-state index contributed by atoms with van der Waals surface area (Å²) in [7, 11) is 1.56. The zero-order chi connectivity index (χ0) is 14.5. The molecule has 0 radical (unpaired) electrons. The molecule has 0 fully saturated rings. The lowest BCUT2D eigenvalue weighted by atomic mass is 10.1. The smallest absolute Gasteiger partial charge is 0.343 e. The van der Waals surface area contributed by atoms with E-state index < -0.39 is 0 Å². The van der Waals surface area contributed by atoms with Gasteiger partial charge in [0.1, 0.15) is 0 Å². The van der Waals surface area contributed by atoms with E-state index >= 15 is 0 Å². The van der Waals surface area contributed by atoms with E-state index in [1.54, 1.807) is 19.2 Å². The third-order valence-corrected chi connectivity index (χ3v) is 3.14. The van der Waals surface area contributed by atoms with Gasteiger partial charge < -0.3 is 9.47 Å². The highest BCUT2D eigenvalue weighted by Crippen LogP contribution is 2.28. The van der Waals surface area contributed by atoms with Crippen molar-refractivity contribution in [1.82, 2.24) is 0 Å². The maximum absolute atomic E-state index is 12.3. The molecule has 0 aliphatic carbocycles. The van der Waals surface area contributed by atoms with Gasteiger partial charge in [0.25, 0.3) is 0 Å². The van der Waals surface area contributed by atoms with Crippen LogP contribution in [0.15, 0.2) is 42.5 Å². The zero-order valence-corrected chi connectivity index (χ0v) is 12.0. The number of carbonyl (C=O) groups excluding carboxylic acids is 1. The predicted octanol–water partition coefficient (Wildman–Crippen LogP) is 3.79. The van der Waals surface area contributed by atoms with E-state index in [9.17, 15) is 4.79 Å². The van der Waals surface area contributed by atoms with E-state index in [0.29, 0.717) is 17.1 Å². The molecule has 0 heterocycles. The van der Waals surface area contributed by atoms with Crippen molar-refractivity contribution < 1.29 is 14.3 Å². The van der Waals surface area contributed by atoms with Crippen molar-refractivity contribution in [2.45, 2.75) is 20.3 Å². The minimum absolute atomic E-state index is 0.357. The van der Waals surface area contributed by atoms with Crippen LogP contribution in [0.3, 0.4) is 0 Å². The summed E-state index contributed by atoms with van der Waals surface area (Å²) in [6, 6.07) is 12.9. The van der Waals surface area contributed by atoms with Crippen LogP contribution in [0.5, 0.6) is 11.5 Å². The summed E-state index contributed by atoms with van der Waals surface area (Å²) in [5.74, 6) is 0.644. The third-order valence-electron chi connectivity index (χ3n) is 3.14. The molecule has 2 aromatic rings. The van der Waals surface area contributed by atoms with Crippen LogP contribution < -0.4 is 9.47 Å². The van der Waals surface area contributed by atoms with Crippen molar-refractivity contribution in [3.63, 3.8) is 0 Å². The van der Waals surface area contributed by atoms with Gasteiger partial charge in [0.15, 0.2) is 11.5 Å². The number of esters is 1.